The smallest absolute Gasteiger partial charge is 0.281 e. The van der Waals surface area contributed by atoms with Crippen molar-refractivity contribution in [2.24, 2.45) is 5.92 Å². The number of amides is 2. The molecule has 2 aromatic rings. The molecule has 1 aliphatic carbocycles. The first-order valence-corrected chi connectivity index (χ1v) is 10.3. The molecule has 3 rings (SSSR count). The predicted octanol–water partition coefficient (Wildman–Crippen LogP) is 4.40. The summed E-state index contributed by atoms with van der Waals surface area (Å²) in [5.41, 5.74) is 2.55. The minimum absolute atomic E-state index is 0.0444. The van der Waals surface area contributed by atoms with Gasteiger partial charge in [0.1, 0.15) is 11.6 Å². The van der Waals surface area contributed by atoms with Crippen molar-refractivity contribution in [2.75, 3.05) is 11.9 Å². The van der Waals surface area contributed by atoms with Crippen LogP contribution in [0.2, 0.25) is 0 Å². The number of pyridine rings is 1. The average molecular weight is 431 g/mol. The molecule has 0 unspecified atom stereocenters. The summed E-state index contributed by atoms with van der Waals surface area (Å²) in [6.45, 7) is 4.54. The zero-order valence-corrected chi connectivity index (χ0v) is 17.9. The Bertz CT molecular complexity index is 975. The third-order valence-corrected chi connectivity index (χ3v) is 5.06. The second-order valence-corrected chi connectivity index (χ2v) is 7.93. The van der Waals surface area contributed by atoms with E-state index in [1.807, 2.05) is 0 Å². The van der Waals surface area contributed by atoms with Crippen LogP contribution in [-0.2, 0) is 11.3 Å². The van der Waals surface area contributed by atoms with Gasteiger partial charge in [0.2, 0.25) is 5.91 Å². The standard InChI is InChI=1S/C23H27F2N3O3/c1-4-23(24,25)13-31-19-8-5-16(9-14(19)2)12-26-21(29)18-10-15(3)27-20(11-18)28-22(30)17-6-7-17/h5,8-11,17H,4,6-7,12-13H2,1-3H3,(H,26,29)(H,27,28,30). The average Bonchev–Trinajstić information content (AvgIpc) is 3.56. The Balaban J connectivity index is 1.59. The van der Waals surface area contributed by atoms with Crippen molar-refractivity contribution >= 4 is 17.6 Å². The van der Waals surface area contributed by atoms with Gasteiger partial charge < -0.3 is 15.4 Å². The van der Waals surface area contributed by atoms with Crippen molar-refractivity contribution in [1.29, 1.82) is 0 Å². The molecule has 0 radical (unpaired) electrons. The number of aryl methyl sites for hydroxylation is 2. The Morgan fingerprint density at radius 1 is 1.19 bits per heavy atom. The Kier molecular flexibility index (Phi) is 6.87. The molecule has 166 valence electrons. The zero-order valence-electron chi connectivity index (χ0n) is 17.9. The number of benzene rings is 1. The molecule has 2 amide bonds. The van der Waals surface area contributed by atoms with Crippen LogP contribution in [-0.4, -0.2) is 29.3 Å². The maximum atomic E-state index is 13.4. The topological polar surface area (TPSA) is 80.3 Å². The van der Waals surface area contributed by atoms with Gasteiger partial charge >= 0.3 is 0 Å². The van der Waals surface area contributed by atoms with Gasteiger partial charge in [-0.2, -0.15) is 0 Å². The first-order chi connectivity index (χ1) is 14.7. The van der Waals surface area contributed by atoms with Gasteiger partial charge in [-0.15, -0.1) is 0 Å². The minimum atomic E-state index is -2.86. The third-order valence-electron chi connectivity index (χ3n) is 5.06. The van der Waals surface area contributed by atoms with E-state index >= 15 is 0 Å². The lowest BCUT2D eigenvalue weighted by Crippen LogP contribution is -2.25. The molecule has 2 N–H and O–H groups in total. The molecular weight excluding hydrogens is 404 g/mol. The van der Waals surface area contributed by atoms with Crippen LogP contribution in [0.15, 0.2) is 30.3 Å². The number of nitrogens with zero attached hydrogens (tertiary/aromatic N) is 1. The third kappa shape index (κ3) is 6.47. The summed E-state index contributed by atoms with van der Waals surface area (Å²) in [6.07, 6.45) is 1.49. The lowest BCUT2D eigenvalue weighted by atomic mass is 10.1. The van der Waals surface area contributed by atoms with Crippen LogP contribution >= 0.6 is 0 Å². The molecule has 6 nitrogen and oxygen atoms in total. The highest BCUT2D eigenvalue weighted by Gasteiger charge is 2.30. The van der Waals surface area contributed by atoms with Gasteiger partial charge in [0.25, 0.3) is 11.8 Å². The number of alkyl halides is 2. The highest BCUT2D eigenvalue weighted by Crippen LogP contribution is 2.30. The number of ether oxygens (including phenoxy) is 1. The number of carbonyl (C=O) groups is 2. The second-order valence-electron chi connectivity index (χ2n) is 7.93. The van der Waals surface area contributed by atoms with Crippen LogP contribution in [0.25, 0.3) is 0 Å². The largest absolute Gasteiger partial charge is 0.487 e. The lowest BCUT2D eigenvalue weighted by Gasteiger charge is -2.16. The Morgan fingerprint density at radius 2 is 1.94 bits per heavy atom. The van der Waals surface area contributed by atoms with Crippen molar-refractivity contribution in [2.45, 2.75) is 52.5 Å². The number of hydrogen-bond donors (Lipinski definition) is 2. The van der Waals surface area contributed by atoms with Crippen molar-refractivity contribution in [3.63, 3.8) is 0 Å². The normalized spacial score (nSPS) is 13.6. The maximum absolute atomic E-state index is 13.4. The van der Waals surface area contributed by atoms with Gasteiger partial charge in [0, 0.05) is 30.1 Å². The Labute approximate surface area is 180 Å². The molecule has 0 spiro atoms. The molecule has 1 heterocycles. The fraction of sp³-hybridized carbons (Fsp3) is 0.435. The van der Waals surface area contributed by atoms with Gasteiger partial charge in [-0.25, -0.2) is 13.8 Å². The van der Waals surface area contributed by atoms with E-state index in [1.165, 1.54) is 6.92 Å². The molecule has 8 heteroatoms. The maximum Gasteiger partial charge on any atom is 0.281 e. The number of halogens is 2. The summed E-state index contributed by atoms with van der Waals surface area (Å²) in [6, 6.07) is 8.35. The van der Waals surface area contributed by atoms with E-state index in [0.717, 1.165) is 18.4 Å². The molecular formula is C23H27F2N3O3. The highest BCUT2D eigenvalue weighted by atomic mass is 19.3. The summed E-state index contributed by atoms with van der Waals surface area (Å²) in [5.74, 6) is -2.43. The summed E-state index contributed by atoms with van der Waals surface area (Å²) in [7, 11) is 0. The Morgan fingerprint density at radius 3 is 2.58 bits per heavy atom. The molecule has 0 aliphatic heterocycles. The van der Waals surface area contributed by atoms with Crippen molar-refractivity contribution in [1.82, 2.24) is 10.3 Å². The molecule has 1 aromatic heterocycles. The molecule has 0 bridgehead atoms. The summed E-state index contributed by atoms with van der Waals surface area (Å²) >= 11 is 0. The number of hydrogen-bond acceptors (Lipinski definition) is 4. The van der Waals surface area contributed by atoms with E-state index in [9.17, 15) is 18.4 Å². The number of carbonyl (C=O) groups excluding carboxylic acids is 2. The van der Waals surface area contributed by atoms with E-state index in [0.29, 0.717) is 28.4 Å². The fourth-order valence-electron chi connectivity index (χ4n) is 2.99. The summed E-state index contributed by atoms with van der Waals surface area (Å²) in [5, 5.41) is 5.59. The highest BCUT2D eigenvalue weighted by molar-refractivity contribution is 5.97. The van der Waals surface area contributed by atoms with E-state index in [1.54, 1.807) is 44.2 Å². The van der Waals surface area contributed by atoms with Crippen LogP contribution in [0.3, 0.4) is 0 Å². The molecule has 31 heavy (non-hydrogen) atoms. The van der Waals surface area contributed by atoms with Crippen LogP contribution in [0.4, 0.5) is 14.6 Å². The van der Waals surface area contributed by atoms with Gasteiger partial charge in [-0.3, -0.25) is 9.59 Å². The van der Waals surface area contributed by atoms with Crippen LogP contribution in [0.5, 0.6) is 5.75 Å². The summed E-state index contributed by atoms with van der Waals surface area (Å²) < 4.78 is 32.0. The molecule has 1 fully saturated rings. The molecule has 1 aliphatic rings. The molecule has 0 atom stereocenters. The first kappa shape index (κ1) is 22.7. The van der Waals surface area contributed by atoms with Gasteiger partial charge in [-0.05, 0) is 56.0 Å². The van der Waals surface area contributed by atoms with Crippen LogP contribution in [0, 0.1) is 19.8 Å². The van der Waals surface area contributed by atoms with E-state index in [4.69, 9.17) is 4.74 Å². The number of rotatable bonds is 9. The second kappa shape index (κ2) is 9.41. The lowest BCUT2D eigenvalue weighted by molar-refractivity contribution is -0.117. The predicted molar refractivity (Wildman–Crippen MR) is 113 cm³/mol. The number of aromatic nitrogens is 1. The van der Waals surface area contributed by atoms with E-state index < -0.39 is 12.5 Å². The minimum Gasteiger partial charge on any atom is -0.487 e. The van der Waals surface area contributed by atoms with Crippen molar-refractivity contribution in [3.05, 3.63) is 52.7 Å². The Hall–Kier alpha value is -3.03. The molecule has 0 saturated heterocycles. The monoisotopic (exact) mass is 431 g/mol. The molecule has 1 aromatic carbocycles. The fourth-order valence-corrected chi connectivity index (χ4v) is 2.99. The van der Waals surface area contributed by atoms with Gasteiger partial charge in [-0.1, -0.05) is 19.1 Å². The van der Waals surface area contributed by atoms with Gasteiger partial charge in [0.15, 0.2) is 6.61 Å². The SMILES string of the molecule is CCC(F)(F)COc1ccc(CNC(=O)c2cc(C)nc(NC(=O)C3CC3)c2)cc1C. The molecule has 1 saturated carbocycles. The van der Waals surface area contributed by atoms with E-state index in [2.05, 4.69) is 15.6 Å². The van der Waals surface area contributed by atoms with Crippen LogP contribution in [0.1, 0.15) is 53.4 Å². The zero-order chi connectivity index (χ0) is 22.6. The van der Waals surface area contributed by atoms with Crippen molar-refractivity contribution in [3.8, 4) is 5.75 Å². The first-order valence-electron chi connectivity index (χ1n) is 10.3. The quantitative estimate of drug-likeness (QED) is 0.617. The van der Waals surface area contributed by atoms with Crippen molar-refractivity contribution < 1.29 is 23.1 Å². The van der Waals surface area contributed by atoms with Gasteiger partial charge in [0.05, 0.1) is 0 Å². The van der Waals surface area contributed by atoms with Crippen LogP contribution < -0.4 is 15.4 Å². The number of nitrogens with one attached hydrogen (secondary N) is 2. The number of anilines is 1. The van der Waals surface area contributed by atoms with E-state index in [-0.39, 0.29) is 30.7 Å². The summed E-state index contributed by atoms with van der Waals surface area (Å²) in [4.78, 5) is 28.8.